The molecule has 0 N–H and O–H groups in total. The van der Waals surface area contributed by atoms with E-state index in [-0.39, 0.29) is 16.2 Å². The van der Waals surface area contributed by atoms with Crippen molar-refractivity contribution in [2.75, 3.05) is 13.1 Å². The van der Waals surface area contributed by atoms with Gasteiger partial charge in [-0.05, 0) is 37.2 Å². The highest BCUT2D eigenvalue weighted by Crippen LogP contribution is 2.26. The van der Waals surface area contributed by atoms with Crippen molar-refractivity contribution in [1.29, 1.82) is 0 Å². The van der Waals surface area contributed by atoms with Crippen molar-refractivity contribution >= 4 is 29.1 Å². The Kier molecular flexibility index (Phi) is 5.22. The zero-order valence-corrected chi connectivity index (χ0v) is 13.3. The molecule has 6 heteroatoms. The van der Waals surface area contributed by atoms with E-state index in [1.54, 1.807) is 0 Å². The van der Waals surface area contributed by atoms with Crippen LogP contribution in [0.25, 0.3) is 0 Å². The van der Waals surface area contributed by atoms with Crippen LogP contribution in [-0.2, 0) is 0 Å². The minimum Gasteiger partial charge on any atom is -0.339 e. The second kappa shape index (κ2) is 6.72. The first-order valence-electron chi connectivity index (χ1n) is 6.97. The first kappa shape index (κ1) is 15.5. The molecule has 1 aromatic rings. The van der Waals surface area contributed by atoms with Crippen molar-refractivity contribution in [3.63, 3.8) is 0 Å². The van der Waals surface area contributed by atoms with Crippen molar-refractivity contribution in [3.8, 4) is 0 Å². The summed E-state index contributed by atoms with van der Waals surface area (Å²) in [6.07, 6.45) is 3.23. The van der Waals surface area contributed by atoms with Gasteiger partial charge in [-0.25, -0.2) is 0 Å². The molecule has 110 valence electrons. The van der Waals surface area contributed by atoms with Gasteiger partial charge in [0.1, 0.15) is 0 Å². The maximum absolute atomic E-state index is 12.5. The van der Waals surface area contributed by atoms with E-state index in [1.165, 1.54) is 12.5 Å². The van der Waals surface area contributed by atoms with E-state index in [0.29, 0.717) is 17.4 Å². The van der Waals surface area contributed by atoms with Crippen LogP contribution in [0.4, 0.5) is 0 Å². The molecule has 0 bridgehead atoms. The Morgan fingerprint density at radius 1 is 1.30 bits per heavy atom. The maximum atomic E-state index is 12.5. The largest absolute Gasteiger partial charge is 0.339 e. The minimum atomic E-state index is -0.101. The Morgan fingerprint density at radius 3 is 2.75 bits per heavy atom. The molecular formula is C14H19Cl2N3O. The summed E-state index contributed by atoms with van der Waals surface area (Å²) < 4.78 is 0. The Balaban J connectivity index is 2.11. The first-order chi connectivity index (χ1) is 9.49. The van der Waals surface area contributed by atoms with Crippen LogP contribution in [0.2, 0.25) is 10.3 Å². The summed E-state index contributed by atoms with van der Waals surface area (Å²) in [7, 11) is 0. The van der Waals surface area contributed by atoms with Crippen molar-refractivity contribution in [2.45, 2.75) is 33.1 Å². The highest BCUT2D eigenvalue weighted by molar-refractivity contribution is 6.34. The number of nitrogens with zero attached hydrogens (tertiary/aromatic N) is 3. The van der Waals surface area contributed by atoms with Crippen LogP contribution in [-0.4, -0.2) is 34.1 Å². The van der Waals surface area contributed by atoms with E-state index < -0.39 is 0 Å². The molecule has 2 heterocycles. The van der Waals surface area contributed by atoms with Gasteiger partial charge < -0.3 is 4.90 Å². The predicted molar refractivity (Wildman–Crippen MR) is 80.1 cm³/mol. The lowest BCUT2D eigenvalue weighted by atomic mass is 9.89. The third-order valence-corrected chi connectivity index (χ3v) is 4.42. The Bertz CT molecular complexity index is 493. The lowest BCUT2D eigenvalue weighted by Crippen LogP contribution is -2.32. The van der Waals surface area contributed by atoms with Crippen molar-refractivity contribution in [3.05, 3.63) is 21.9 Å². The van der Waals surface area contributed by atoms with Crippen LogP contribution in [0.3, 0.4) is 0 Å². The summed E-state index contributed by atoms with van der Waals surface area (Å²) in [5.41, 5.74) is 0.342. The third-order valence-electron chi connectivity index (χ3n) is 3.95. The molecule has 0 radical (unpaired) electrons. The summed E-state index contributed by atoms with van der Waals surface area (Å²) in [5, 5.41) is 7.63. The van der Waals surface area contributed by atoms with E-state index in [9.17, 15) is 4.79 Å². The molecule has 1 amide bonds. The molecule has 1 unspecified atom stereocenters. The molecule has 20 heavy (non-hydrogen) atoms. The number of aromatic nitrogens is 2. The molecular weight excluding hydrogens is 297 g/mol. The molecule has 1 aromatic heterocycles. The quantitative estimate of drug-likeness (QED) is 0.836. The summed E-state index contributed by atoms with van der Waals surface area (Å²) in [5.74, 6) is 1.24. The third kappa shape index (κ3) is 3.61. The summed E-state index contributed by atoms with van der Waals surface area (Å²) in [6, 6.07) is 1.49. The number of carbonyl (C=O) groups is 1. The van der Waals surface area contributed by atoms with Gasteiger partial charge in [0, 0.05) is 13.1 Å². The number of amides is 1. The molecule has 1 saturated heterocycles. The molecule has 0 aliphatic carbocycles. The Hall–Kier alpha value is -0.870. The topological polar surface area (TPSA) is 46.1 Å². The van der Waals surface area contributed by atoms with Crippen LogP contribution in [0.1, 0.15) is 43.5 Å². The van der Waals surface area contributed by atoms with E-state index in [2.05, 4.69) is 24.0 Å². The van der Waals surface area contributed by atoms with Crippen LogP contribution in [0.15, 0.2) is 6.07 Å². The fourth-order valence-corrected chi connectivity index (χ4v) is 2.99. The zero-order chi connectivity index (χ0) is 14.7. The van der Waals surface area contributed by atoms with E-state index in [1.807, 2.05) is 4.90 Å². The lowest BCUT2D eigenvalue weighted by molar-refractivity contribution is 0.0758. The summed E-state index contributed by atoms with van der Waals surface area (Å²) >= 11 is 11.7. The highest BCUT2D eigenvalue weighted by Gasteiger charge is 2.25. The van der Waals surface area contributed by atoms with Crippen LogP contribution in [0.5, 0.6) is 0 Å². The molecule has 1 aliphatic rings. The van der Waals surface area contributed by atoms with Gasteiger partial charge in [-0.1, -0.05) is 37.0 Å². The van der Waals surface area contributed by atoms with Gasteiger partial charge in [0.25, 0.3) is 5.91 Å². The van der Waals surface area contributed by atoms with E-state index in [0.717, 1.165) is 25.9 Å². The maximum Gasteiger partial charge on any atom is 0.257 e. The van der Waals surface area contributed by atoms with Gasteiger partial charge in [-0.15, -0.1) is 10.2 Å². The number of halogens is 2. The molecule has 1 atom stereocenters. The number of carbonyl (C=O) groups excluding carboxylic acids is 1. The molecule has 4 nitrogen and oxygen atoms in total. The van der Waals surface area contributed by atoms with Gasteiger partial charge in [0.15, 0.2) is 10.3 Å². The van der Waals surface area contributed by atoms with E-state index >= 15 is 0 Å². The standard InChI is InChI=1S/C14H19Cl2N3O/c1-9(2)10-4-3-6-19(7-5-10)14(20)11-8-12(15)17-18-13(11)16/h8-10H,3-7H2,1-2H3. The molecule has 1 fully saturated rings. The normalized spacial score (nSPS) is 20.1. The summed E-state index contributed by atoms with van der Waals surface area (Å²) in [6.45, 7) is 6.01. The van der Waals surface area contributed by atoms with Crippen molar-refractivity contribution in [2.24, 2.45) is 11.8 Å². The smallest absolute Gasteiger partial charge is 0.257 e. The van der Waals surface area contributed by atoms with Gasteiger partial charge in [-0.3, -0.25) is 4.79 Å². The second-order valence-corrected chi connectivity index (χ2v) is 6.34. The molecule has 2 rings (SSSR count). The first-order valence-corrected chi connectivity index (χ1v) is 7.72. The van der Waals surface area contributed by atoms with E-state index in [4.69, 9.17) is 23.2 Å². The van der Waals surface area contributed by atoms with Crippen LogP contribution < -0.4 is 0 Å². The fourth-order valence-electron chi connectivity index (χ4n) is 2.67. The Labute approximate surface area is 129 Å². The highest BCUT2D eigenvalue weighted by atomic mass is 35.5. The molecule has 0 aromatic carbocycles. The van der Waals surface area contributed by atoms with Gasteiger partial charge in [0.05, 0.1) is 5.56 Å². The van der Waals surface area contributed by atoms with Gasteiger partial charge in [0.2, 0.25) is 0 Å². The van der Waals surface area contributed by atoms with Crippen molar-refractivity contribution in [1.82, 2.24) is 15.1 Å². The number of hydrogen-bond donors (Lipinski definition) is 0. The van der Waals surface area contributed by atoms with Gasteiger partial charge >= 0.3 is 0 Å². The minimum absolute atomic E-state index is 0.101. The average Bonchev–Trinajstić information content (AvgIpc) is 2.66. The molecule has 0 saturated carbocycles. The molecule has 1 aliphatic heterocycles. The fraction of sp³-hybridized carbons (Fsp3) is 0.643. The van der Waals surface area contributed by atoms with Crippen molar-refractivity contribution < 1.29 is 4.79 Å². The number of rotatable bonds is 2. The number of likely N-dealkylation sites (tertiary alicyclic amines) is 1. The second-order valence-electron chi connectivity index (χ2n) is 5.60. The monoisotopic (exact) mass is 315 g/mol. The van der Waals surface area contributed by atoms with Gasteiger partial charge in [-0.2, -0.15) is 0 Å². The molecule has 0 spiro atoms. The summed E-state index contributed by atoms with van der Waals surface area (Å²) in [4.78, 5) is 14.4. The number of hydrogen-bond acceptors (Lipinski definition) is 3. The average molecular weight is 316 g/mol. The Morgan fingerprint density at radius 2 is 2.05 bits per heavy atom. The van der Waals surface area contributed by atoms with Crippen LogP contribution >= 0.6 is 23.2 Å². The van der Waals surface area contributed by atoms with Crippen LogP contribution in [0, 0.1) is 11.8 Å². The lowest BCUT2D eigenvalue weighted by Gasteiger charge is -2.21. The zero-order valence-electron chi connectivity index (χ0n) is 11.8. The SMILES string of the molecule is CC(C)C1CCCN(C(=O)c2cc(Cl)nnc2Cl)CC1. The predicted octanol–water partition coefficient (Wildman–Crippen LogP) is 3.68.